The van der Waals surface area contributed by atoms with E-state index in [0.29, 0.717) is 5.52 Å². The predicted molar refractivity (Wildman–Crippen MR) is 53.9 cm³/mol. The van der Waals surface area contributed by atoms with Crippen LogP contribution in [0.1, 0.15) is 0 Å². The average Bonchev–Trinajstić information content (AvgIpc) is 2.16. The number of phenolic OH excluding ortho intramolecular Hbond substituents is 1. The number of aromatic nitrogens is 1. The Morgan fingerprint density at radius 2 is 1.65 bits per heavy atom. The van der Waals surface area contributed by atoms with Gasteiger partial charge in [-0.15, -0.1) is 0 Å². The minimum absolute atomic E-state index is 0. The third-order valence-electron chi connectivity index (χ3n) is 1.61. The molecule has 0 aliphatic carbocycles. The van der Waals surface area contributed by atoms with Gasteiger partial charge in [0.2, 0.25) is 0 Å². The molecule has 1 aromatic heterocycles. The molecule has 0 bridgehead atoms. The van der Waals surface area contributed by atoms with Crippen molar-refractivity contribution < 1.29 is 39.7 Å². The summed E-state index contributed by atoms with van der Waals surface area (Å²) in [6, 6.07) is 9.13. The quantitative estimate of drug-likeness (QED) is 0.433. The molecule has 8 heteroatoms. The Morgan fingerprint density at radius 3 is 2.18 bits per heavy atom. The fraction of sp³-hybridized carbons (Fsp3) is 0. The number of pyridine rings is 1. The third-order valence-corrected chi connectivity index (χ3v) is 1.61. The topological polar surface area (TPSA) is 113 Å². The summed E-state index contributed by atoms with van der Waals surface area (Å²) in [4.78, 5) is 4.03. The van der Waals surface area contributed by atoms with Crippen molar-refractivity contribution in [3.05, 3.63) is 36.5 Å². The van der Waals surface area contributed by atoms with Crippen LogP contribution in [-0.2, 0) is 27.5 Å². The SMILES string of the molecule is O=S(=O)([O-])[O-].Oc1cccc2cccnc12.[Cu+2]. The zero-order chi connectivity index (χ0) is 12.2. The van der Waals surface area contributed by atoms with Crippen LogP contribution in [0.25, 0.3) is 10.9 Å². The number of hydrogen-bond acceptors (Lipinski definition) is 6. The van der Waals surface area contributed by atoms with E-state index in [1.54, 1.807) is 18.3 Å². The number of phenols is 1. The van der Waals surface area contributed by atoms with E-state index in [9.17, 15) is 5.11 Å². The summed E-state index contributed by atoms with van der Waals surface area (Å²) in [5.41, 5.74) is 0.662. The Hall–Kier alpha value is -1.18. The van der Waals surface area contributed by atoms with Crippen molar-refractivity contribution in [3.63, 3.8) is 0 Å². The van der Waals surface area contributed by atoms with E-state index in [1.165, 1.54) is 0 Å². The van der Waals surface area contributed by atoms with E-state index in [-0.39, 0.29) is 22.8 Å². The molecule has 2 rings (SSSR count). The van der Waals surface area contributed by atoms with Crippen molar-refractivity contribution in [3.8, 4) is 5.75 Å². The molecule has 95 valence electrons. The van der Waals surface area contributed by atoms with Crippen LogP contribution in [0.4, 0.5) is 0 Å². The molecule has 0 spiro atoms. The number of aromatic hydroxyl groups is 1. The standard InChI is InChI=1S/C9H7NO.Cu.H2O4S/c11-8-5-1-3-7-4-2-6-10-9(7)8;;1-5(2,3)4/h1-6,11H;;(H2,1,2,3,4)/q;+2;/p-2. The second-order valence-electron chi connectivity index (χ2n) is 2.76. The first-order chi connectivity index (χ1) is 7.38. The maximum Gasteiger partial charge on any atom is 2.00 e. The molecule has 0 aliphatic heterocycles. The fourth-order valence-electron chi connectivity index (χ4n) is 1.09. The van der Waals surface area contributed by atoms with Gasteiger partial charge >= 0.3 is 17.1 Å². The zero-order valence-electron chi connectivity index (χ0n) is 8.20. The second-order valence-corrected chi connectivity index (χ2v) is 3.58. The Morgan fingerprint density at radius 1 is 1.12 bits per heavy atom. The molecule has 6 nitrogen and oxygen atoms in total. The smallest absolute Gasteiger partial charge is 0.759 e. The molecule has 1 heterocycles. The summed E-state index contributed by atoms with van der Waals surface area (Å²) in [7, 11) is -5.17. The van der Waals surface area contributed by atoms with E-state index < -0.39 is 10.4 Å². The molecular formula is C9H7CuNO5S. The first-order valence-electron chi connectivity index (χ1n) is 4.07. The number of para-hydroxylation sites is 1. The summed E-state index contributed by atoms with van der Waals surface area (Å²) in [5.74, 6) is 0.239. The normalized spacial score (nSPS) is 10.0. The van der Waals surface area contributed by atoms with Crippen molar-refractivity contribution in [2.75, 3.05) is 0 Å². The molecule has 0 saturated carbocycles. The summed E-state index contributed by atoms with van der Waals surface area (Å²) >= 11 is 0. The monoisotopic (exact) mass is 304 g/mol. The van der Waals surface area contributed by atoms with Crippen LogP contribution in [0.3, 0.4) is 0 Å². The number of nitrogens with zero attached hydrogens (tertiary/aromatic N) is 1. The van der Waals surface area contributed by atoms with Crippen LogP contribution < -0.4 is 0 Å². The van der Waals surface area contributed by atoms with Crippen LogP contribution >= 0.6 is 0 Å². The summed E-state index contributed by atoms with van der Waals surface area (Å²) in [6.45, 7) is 0. The van der Waals surface area contributed by atoms with Gasteiger partial charge in [0, 0.05) is 22.0 Å². The number of hydrogen-bond donors (Lipinski definition) is 1. The van der Waals surface area contributed by atoms with Gasteiger partial charge in [-0.1, -0.05) is 18.2 Å². The fourth-order valence-corrected chi connectivity index (χ4v) is 1.09. The van der Waals surface area contributed by atoms with Crippen molar-refractivity contribution >= 4 is 21.3 Å². The number of fused-ring (bicyclic) bond motifs is 1. The molecule has 1 aromatic carbocycles. The maximum atomic E-state index is 9.31. The van der Waals surface area contributed by atoms with E-state index in [0.717, 1.165) is 5.39 Å². The predicted octanol–water partition coefficient (Wildman–Crippen LogP) is 0.600. The van der Waals surface area contributed by atoms with Gasteiger partial charge in [-0.05, 0) is 12.1 Å². The first-order valence-corrected chi connectivity index (χ1v) is 5.40. The van der Waals surface area contributed by atoms with E-state index >= 15 is 0 Å². The molecule has 1 N–H and O–H groups in total. The molecular weight excluding hydrogens is 298 g/mol. The minimum Gasteiger partial charge on any atom is -0.759 e. The third kappa shape index (κ3) is 6.20. The van der Waals surface area contributed by atoms with Gasteiger partial charge in [-0.2, -0.15) is 0 Å². The number of rotatable bonds is 0. The van der Waals surface area contributed by atoms with Crippen LogP contribution in [0.5, 0.6) is 5.75 Å². The summed E-state index contributed by atoms with van der Waals surface area (Å²) < 4.78 is 34.1. The zero-order valence-corrected chi connectivity index (χ0v) is 9.96. The molecule has 0 amide bonds. The Bertz CT molecular complexity index is 573. The average molecular weight is 305 g/mol. The second kappa shape index (κ2) is 6.53. The number of benzene rings is 1. The van der Waals surface area contributed by atoms with Crippen molar-refractivity contribution in [2.24, 2.45) is 0 Å². The van der Waals surface area contributed by atoms with Crippen molar-refractivity contribution in [1.82, 2.24) is 4.98 Å². The van der Waals surface area contributed by atoms with E-state index in [2.05, 4.69) is 4.98 Å². The minimum atomic E-state index is -5.17. The van der Waals surface area contributed by atoms with Gasteiger partial charge in [0.15, 0.2) is 0 Å². The van der Waals surface area contributed by atoms with Crippen LogP contribution in [0.2, 0.25) is 0 Å². The molecule has 0 unspecified atom stereocenters. The summed E-state index contributed by atoms with van der Waals surface area (Å²) in [5, 5.41) is 10.3. The van der Waals surface area contributed by atoms with Gasteiger partial charge in [-0.3, -0.25) is 13.4 Å². The molecule has 0 fully saturated rings. The van der Waals surface area contributed by atoms with Crippen molar-refractivity contribution in [2.45, 2.75) is 0 Å². The summed E-state index contributed by atoms with van der Waals surface area (Å²) in [6.07, 6.45) is 1.67. The van der Waals surface area contributed by atoms with Crippen LogP contribution in [0, 0.1) is 0 Å². The van der Waals surface area contributed by atoms with Gasteiger partial charge in [0.25, 0.3) is 0 Å². The Balaban J connectivity index is 0.000000373. The molecule has 1 radical (unpaired) electrons. The Kier molecular flexibility index (Phi) is 6.08. The Labute approximate surface area is 108 Å². The van der Waals surface area contributed by atoms with Gasteiger partial charge in [-0.25, -0.2) is 0 Å². The molecule has 17 heavy (non-hydrogen) atoms. The van der Waals surface area contributed by atoms with Gasteiger partial charge < -0.3 is 14.2 Å². The van der Waals surface area contributed by atoms with Crippen LogP contribution in [0.15, 0.2) is 36.5 Å². The van der Waals surface area contributed by atoms with Crippen molar-refractivity contribution in [1.29, 1.82) is 0 Å². The largest absolute Gasteiger partial charge is 2.00 e. The maximum absolute atomic E-state index is 9.31. The van der Waals surface area contributed by atoms with E-state index in [4.69, 9.17) is 17.5 Å². The molecule has 0 aliphatic rings. The van der Waals surface area contributed by atoms with Crippen LogP contribution in [-0.4, -0.2) is 27.6 Å². The molecule has 0 saturated heterocycles. The molecule has 2 aromatic rings. The molecule has 0 atom stereocenters. The first kappa shape index (κ1) is 15.8. The van der Waals surface area contributed by atoms with E-state index in [1.807, 2.05) is 18.2 Å². The van der Waals surface area contributed by atoms with Gasteiger partial charge in [0.05, 0.1) is 0 Å². The van der Waals surface area contributed by atoms with Gasteiger partial charge in [0.1, 0.15) is 11.3 Å².